The van der Waals surface area contributed by atoms with E-state index in [2.05, 4.69) is 14.2 Å². The monoisotopic (exact) mass is 1860 g/mol. The summed E-state index contributed by atoms with van der Waals surface area (Å²) >= 11 is 0. The first kappa shape index (κ1) is 94.9. The lowest BCUT2D eigenvalue weighted by Crippen LogP contribution is -2.52. The van der Waals surface area contributed by atoms with Crippen LogP contribution in [0.5, 0.6) is 0 Å². The Balaban J connectivity index is 0.000000153. The molecule has 9 aliphatic heterocycles. The number of hydrogen-bond donors (Lipinski definition) is 0. The van der Waals surface area contributed by atoms with Crippen molar-refractivity contribution in [1.82, 2.24) is 0 Å². The molecule has 7 aliphatic carbocycles. The fourth-order valence-corrected chi connectivity index (χ4v) is 24.4. The molecule has 16 aliphatic rings. The zero-order valence-corrected chi connectivity index (χ0v) is 71.7. The normalized spacial score (nSPS) is 34.9. The summed E-state index contributed by atoms with van der Waals surface area (Å²) in [5, 5.41) is -14.6. The molecule has 16 fully saturated rings. The van der Waals surface area contributed by atoms with Gasteiger partial charge in [-0.25, -0.2) is 25.3 Å². The minimum Gasteiger partial charge on any atom is -0.743 e. The summed E-state index contributed by atoms with van der Waals surface area (Å²) < 4.78 is 260. The summed E-state index contributed by atoms with van der Waals surface area (Å²) in [6.07, 6.45) is 3.56. The van der Waals surface area contributed by atoms with E-state index in [0.717, 1.165) is 173 Å². The van der Waals surface area contributed by atoms with E-state index < -0.39 is 300 Å². The minimum absolute atomic E-state index is 0.239. The molecule has 7 saturated carbocycles. The van der Waals surface area contributed by atoms with E-state index >= 15 is 0 Å². The summed E-state index contributed by atoms with van der Waals surface area (Å²) in [6, 6.07) is 0. The number of hydrogen-bond acceptors (Lipinski definition) is 36. The Morgan fingerprint density at radius 1 is 0.365 bits per heavy atom. The maximum atomic E-state index is 13.9. The van der Waals surface area contributed by atoms with Crippen LogP contribution in [0.25, 0.3) is 0 Å². The molecule has 0 N–H and O–H groups in total. The molecule has 0 aromatic heterocycles. The van der Waals surface area contributed by atoms with Gasteiger partial charge in [0.2, 0.25) is 0 Å². The van der Waals surface area contributed by atoms with E-state index in [1.165, 1.54) is 6.42 Å². The Bertz CT molecular complexity index is 4540. The van der Waals surface area contributed by atoms with Crippen LogP contribution in [0, 0.1) is 65.1 Å². The molecule has 36 nitrogen and oxygen atoms in total. The van der Waals surface area contributed by atoms with Gasteiger partial charge in [-0.1, -0.05) is 57.8 Å². The predicted octanol–water partition coefficient (Wildman–Crippen LogP) is 7.01. The first-order valence-electron chi connectivity index (χ1n) is 43.6. The van der Waals surface area contributed by atoms with E-state index in [1.807, 2.05) is 0 Å². The molecule has 0 aromatic rings. The lowest BCUT2D eigenvalue weighted by molar-refractivity contribution is -0.186. The highest BCUT2D eigenvalue weighted by molar-refractivity contribution is 7.87. The summed E-state index contributed by atoms with van der Waals surface area (Å²) in [4.78, 5) is 153. The summed E-state index contributed by atoms with van der Waals surface area (Å²) in [5.74, 6) is -14.5. The molecule has 8 bridgehead atoms. The average molecular weight is 1860 g/mol. The Kier molecular flexibility index (Phi) is 27.5. The Hall–Kier alpha value is -7.17. The van der Waals surface area contributed by atoms with Crippen molar-refractivity contribution in [3.63, 3.8) is 0 Å². The molecule has 9 heterocycles. The van der Waals surface area contributed by atoms with Crippen molar-refractivity contribution in [3.8, 4) is 0 Å². The van der Waals surface area contributed by atoms with Crippen LogP contribution < -0.4 is 0 Å². The molecule has 126 heavy (non-hydrogen) atoms. The van der Waals surface area contributed by atoms with Crippen LogP contribution in [0.1, 0.15) is 239 Å². The second-order valence-corrected chi connectivity index (χ2v) is 41.0. The Morgan fingerprint density at radius 2 is 0.635 bits per heavy atom. The van der Waals surface area contributed by atoms with Gasteiger partial charge < -0.3 is 84.7 Å². The fraction of sp³-hybridized carbons (Fsp3) is 0.852. The number of carbonyl (C=O) groups excluding carboxylic acids is 12. The molecule has 0 spiro atoms. The molecule has 9 saturated heterocycles. The number of halogens is 6. The number of esters is 12. The van der Waals surface area contributed by atoms with Gasteiger partial charge in [-0.05, 0) is 166 Å². The van der Waals surface area contributed by atoms with Gasteiger partial charge >= 0.3 is 87.4 Å². The standard InChI is InChI=1S/C28H36F2O12S.C27H36F2O12S.C26H34F2O12S/c1-13(28(29,30)43(35,36)37)38-17(31)7-8-18(32)39-23-22-20(19-21(40-22)24(23)41-25(19)33)26(34)42-27(9-3-2-4-10-27)16-12-14-5-6-15(16)11-14;1-14(27(28,29)42(34,35)36)37-16(30)10-11-17(31)38-22-21-19(18-20(39-21)23(22)40-24(18)32)25(33)41-26(12-6-3-7-13-26)15-8-4-2-5-9-15;1-13(26(27,28)41(33,34)35)36-15(29)9-10-16(30)37-21-20-18(17-19(38-20)22(21)39-23(17)31)24(32)40-25(11-5-2-6-12-25)14-7-3-4-8-14/h13-16,19-24H,2-12H2,1H3,(H,35,36,37);14-15,18-23H,2-13H2,1H3,(H,34,35,36);13-14,17-22H,2-12H2,1H3,(H,33,34,35)/p-3. The van der Waals surface area contributed by atoms with Gasteiger partial charge in [0.05, 0.1) is 38.5 Å². The van der Waals surface area contributed by atoms with Crippen LogP contribution in [0.3, 0.4) is 0 Å². The van der Waals surface area contributed by atoms with Gasteiger partial charge in [0, 0.05) is 5.92 Å². The first-order valence-corrected chi connectivity index (χ1v) is 47.9. The van der Waals surface area contributed by atoms with E-state index in [4.69, 9.17) is 56.8 Å². The number of rotatable bonds is 30. The lowest BCUT2D eigenvalue weighted by atomic mass is 9.69. The molecule has 16 rings (SSSR count). The maximum absolute atomic E-state index is 13.9. The van der Waals surface area contributed by atoms with Gasteiger partial charge in [-0.2, -0.15) is 26.3 Å². The van der Waals surface area contributed by atoms with Crippen LogP contribution in [-0.4, -0.2) is 235 Å². The van der Waals surface area contributed by atoms with E-state index in [0.29, 0.717) is 32.6 Å². The van der Waals surface area contributed by atoms with E-state index in [9.17, 15) is 123 Å². The smallest absolute Gasteiger partial charge is 0.369 e. The Labute approximate surface area is 720 Å². The van der Waals surface area contributed by atoms with Crippen LogP contribution in [0.4, 0.5) is 26.3 Å². The number of alkyl halides is 6. The van der Waals surface area contributed by atoms with E-state index in [1.54, 1.807) is 0 Å². The number of carbonyl (C=O) groups is 12. The maximum Gasteiger partial charge on any atom is 0.369 e. The highest BCUT2D eigenvalue weighted by Gasteiger charge is 2.76. The van der Waals surface area contributed by atoms with E-state index in [-0.39, 0.29) is 17.8 Å². The molecular formula is C81H103F6O36S3-3. The van der Waals surface area contributed by atoms with Crippen LogP contribution in [0.2, 0.25) is 0 Å². The fourth-order valence-electron chi connectivity index (χ4n) is 23.0. The zero-order chi connectivity index (χ0) is 91.1. The van der Waals surface area contributed by atoms with Gasteiger partial charge in [0.1, 0.15) is 88.9 Å². The third-order valence-electron chi connectivity index (χ3n) is 29.2. The van der Waals surface area contributed by atoms with Gasteiger partial charge in [0.25, 0.3) is 0 Å². The highest BCUT2D eigenvalue weighted by Crippen LogP contribution is 2.60. The van der Waals surface area contributed by atoms with Crippen molar-refractivity contribution in [2.24, 2.45) is 65.1 Å². The molecule has 24 atom stereocenters. The van der Waals surface area contributed by atoms with Crippen molar-refractivity contribution in [2.45, 2.75) is 363 Å². The lowest BCUT2D eigenvalue weighted by Gasteiger charge is -2.45. The second kappa shape index (κ2) is 36.5. The van der Waals surface area contributed by atoms with Crippen molar-refractivity contribution < 1.29 is 194 Å². The van der Waals surface area contributed by atoms with Crippen molar-refractivity contribution in [3.05, 3.63) is 0 Å². The summed E-state index contributed by atoms with van der Waals surface area (Å²) in [6.45, 7) is 1.61. The zero-order valence-electron chi connectivity index (χ0n) is 69.2. The summed E-state index contributed by atoms with van der Waals surface area (Å²) in [5.41, 5.74) is -1.79. The van der Waals surface area contributed by atoms with Crippen molar-refractivity contribution in [2.75, 3.05) is 0 Å². The SMILES string of the molecule is CC(OC(=O)CCC(=O)OC1C2OC(=O)C3C2OC1C3C(=O)OC1(C2CC3CCC2C3)CCCCC1)C(F)(F)S(=O)(=O)[O-].CC(OC(=O)CCC(=O)OC1C2OC(=O)C3C2OC1C3C(=O)OC1(C2CCCC2)CCCCC1)C(F)(F)S(=O)(=O)[O-].CC(OC(=O)CCC(=O)OC1C2OC(=O)C3C2OC1C3C(=O)OC1(C2CCCCC2)CCCCC1)C(F)(F)S(=O)(=O)[O-]. The highest BCUT2D eigenvalue weighted by atomic mass is 32.2. The van der Waals surface area contributed by atoms with Crippen molar-refractivity contribution >= 4 is 102 Å². The molecule has 0 amide bonds. The minimum atomic E-state index is -6.09. The topological polar surface area (TPSA) is 515 Å². The largest absolute Gasteiger partial charge is 0.743 e. The van der Waals surface area contributed by atoms with Crippen LogP contribution in [-0.2, 0) is 159 Å². The average Bonchev–Trinajstić information content (AvgIpc) is 1.55. The molecular weight excluding hydrogens is 1760 g/mol. The predicted molar refractivity (Wildman–Crippen MR) is 398 cm³/mol. The van der Waals surface area contributed by atoms with Gasteiger partial charge in [-0.3, -0.25) is 57.5 Å². The molecule has 0 radical (unpaired) electrons. The third-order valence-corrected chi connectivity index (χ3v) is 32.1. The van der Waals surface area contributed by atoms with Crippen LogP contribution >= 0.6 is 0 Å². The summed E-state index contributed by atoms with van der Waals surface area (Å²) in [7, 11) is -18.3. The molecule has 0 aromatic carbocycles. The van der Waals surface area contributed by atoms with Gasteiger partial charge in [-0.15, -0.1) is 0 Å². The number of ether oxygens (including phenoxy) is 15. The van der Waals surface area contributed by atoms with Gasteiger partial charge in [0.15, 0.2) is 85.3 Å². The molecule has 24 unspecified atom stereocenters. The Morgan fingerprint density at radius 3 is 0.913 bits per heavy atom. The number of fused-ring (bicyclic) bond motifs is 5. The first-order chi connectivity index (χ1) is 59.2. The van der Waals surface area contributed by atoms with Crippen LogP contribution in [0.15, 0.2) is 0 Å². The van der Waals surface area contributed by atoms with Crippen molar-refractivity contribution in [1.29, 1.82) is 0 Å². The molecule has 706 valence electrons. The quantitative estimate of drug-likeness (QED) is 0.0302. The molecule has 45 heteroatoms. The third kappa shape index (κ3) is 18.4. The second-order valence-electron chi connectivity index (χ2n) is 36.6.